The molecule has 0 saturated carbocycles. The molecule has 0 aromatic heterocycles. The zero-order valence-electron chi connectivity index (χ0n) is 10.0. The van der Waals surface area contributed by atoms with Gasteiger partial charge in [-0.3, -0.25) is 14.4 Å². The Hall–Kier alpha value is -1.93. The maximum Gasteiger partial charge on any atom is 0.422 e. The Labute approximate surface area is 106 Å². The first kappa shape index (κ1) is 17.1. The number of Topliss-reactive ketones (excluding diaryl/α,β-unsaturated/α-hetero) is 2. The molecule has 0 atom stereocenters. The summed E-state index contributed by atoms with van der Waals surface area (Å²) in [6, 6.07) is 0. The third-order valence-corrected chi connectivity index (χ3v) is 1.78. The van der Waals surface area contributed by atoms with Gasteiger partial charge in [0, 0.05) is 19.9 Å². The molecule has 0 fully saturated rings. The van der Waals surface area contributed by atoms with Gasteiger partial charge in [0.1, 0.15) is 0 Å². The average Bonchev–Trinajstić information content (AvgIpc) is 2.29. The largest absolute Gasteiger partial charge is 0.450 e. The van der Waals surface area contributed by atoms with Crippen LogP contribution in [0.5, 0.6) is 0 Å². The fourth-order valence-corrected chi connectivity index (χ4v) is 0.905. The fourth-order valence-electron chi connectivity index (χ4n) is 0.905. The predicted octanol–water partition coefficient (Wildman–Crippen LogP) is 0.146. The summed E-state index contributed by atoms with van der Waals surface area (Å²) in [5.41, 5.74) is 0. The molecule has 0 bridgehead atoms. The van der Waals surface area contributed by atoms with Crippen molar-refractivity contribution in [3.05, 3.63) is 0 Å². The number of hydrogen-bond acceptors (Lipinski definition) is 5. The number of hydrogen-bond donors (Lipinski definition) is 1. The molecule has 1 amide bonds. The number of amides is 1. The molecule has 9 heteroatoms. The maximum absolute atomic E-state index is 11.7. The summed E-state index contributed by atoms with van der Waals surface area (Å²) in [4.78, 5) is 43.1. The Morgan fingerprint density at radius 2 is 1.74 bits per heavy atom. The molecular weight excluding hydrogens is 271 g/mol. The second kappa shape index (κ2) is 7.49. The van der Waals surface area contributed by atoms with E-state index in [0.717, 1.165) is 6.92 Å². The topological polar surface area (TPSA) is 89.5 Å². The van der Waals surface area contributed by atoms with Crippen molar-refractivity contribution in [3.8, 4) is 0 Å². The number of nitrogens with one attached hydrogen (secondary N) is 1. The zero-order valence-corrected chi connectivity index (χ0v) is 10.0. The molecule has 0 heterocycles. The molecule has 0 radical (unpaired) electrons. The van der Waals surface area contributed by atoms with Gasteiger partial charge in [-0.15, -0.1) is 0 Å². The van der Waals surface area contributed by atoms with E-state index in [1.165, 1.54) is 0 Å². The lowest BCUT2D eigenvalue weighted by atomic mass is 10.2. The fraction of sp³-hybridized carbons (Fsp3) is 0.600. The minimum atomic E-state index is -4.69. The highest BCUT2D eigenvalue weighted by Crippen LogP contribution is 2.14. The van der Waals surface area contributed by atoms with Crippen LogP contribution < -0.4 is 5.32 Å². The molecular formula is C10H12F3NO5. The smallest absolute Gasteiger partial charge is 0.422 e. The molecule has 19 heavy (non-hydrogen) atoms. The highest BCUT2D eigenvalue weighted by atomic mass is 19.4. The first-order chi connectivity index (χ1) is 8.63. The molecule has 0 spiro atoms. The minimum Gasteiger partial charge on any atom is -0.450 e. The van der Waals surface area contributed by atoms with Crippen molar-refractivity contribution in [3.63, 3.8) is 0 Å². The SMILES string of the molecule is CC(=O)C(=O)NCCCC(=O)C(=O)OCC(F)(F)F. The lowest BCUT2D eigenvalue weighted by Crippen LogP contribution is -2.31. The summed E-state index contributed by atoms with van der Waals surface area (Å²) in [6.07, 6.45) is -5.06. The summed E-state index contributed by atoms with van der Waals surface area (Å²) in [7, 11) is 0. The van der Waals surface area contributed by atoms with E-state index in [0.29, 0.717) is 0 Å². The van der Waals surface area contributed by atoms with E-state index in [1.807, 2.05) is 0 Å². The van der Waals surface area contributed by atoms with Gasteiger partial charge in [-0.1, -0.05) is 0 Å². The van der Waals surface area contributed by atoms with Crippen LogP contribution >= 0.6 is 0 Å². The quantitative estimate of drug-likeness (QED) is 0.408. The zero-order chi connectivity index (χ0) is 15.1. The highest BCUT2D eigenvalue weighted by molar-refractivity contribution is 6.35. The first-order valence-electron chi connectivity index (χ1n) is 5.19. The van der Waals surface area contributed by atoms with E-state index >= 15 is 0 Å². The normalized spacial score (nSPS) is 10.7. The predicted molar refractivity (Wildman–Crippen MR) is 54.9 cm³/mol. The van der Waals surface area contributed by atoms with Gasteiger partial charge in [0.2, 0.25) is 11.6 Å². The van der Waals surface area contributed by atoms with Crippen molar-refractivity contribution in [1.82, 2.24) is 5.32 Å². The number of esters is 1. The van der Waals surface area contributed by atoms with Crippen LogP contribution in [0.2, 0.25) is 0 Å². The second-order valence-corrected chi connectivity index (χ2v) is 3.53. The van der Waals surface area contributed by atoms with Gasteiger partial charge in [0.15, 0.2) is 6.61 Å². The summed E-state index contributed by atoms with van der Waals surface area (Å²) in [5, 5.41) is 2.16. The van der Waals surface area contributed by atoms with Gasteiger partial charge in [0.05, 0.1) is 0 Å². The number of alkyl halides is 3. The Balaban J connectivity index is 3.83. The van der Waals surface area contributed by atoms with Gasteiger partial charge >= 0.3 is 12.1 Å². The van der Waals surface area contributed by atoms with E-state index in [4.69, 9.17) is 0 Å². The lowest BCUT2D eigenvalue weighted by molar-refractivity contribution is -0.187. The number of ether oxygens (including phenoxy) is 1. The molecule has 0 aliphatic rings. The van der Waals surface area contributed by atoms with Crippen LogP contribution in [0, 0.1) is 0 Å². The molecule has 0 aliphatic carbocycles. The lowest BCUT2D eigenvalue weighted by Gasteiger charge is -2.07. The Morgan fingerprint density at radius 1 is 1.16 bits per heavy atom. The molecule has 0 aromatic carbocycles. The molecule has 0 rings (SSSR count). The van der Waals surface area contributed by atoms with Crippen molar-refractivity contribution >= 4 is 23.4 Å². The van der Waals surface area contributed by atoms with Gasteiger partial charge < -0.3 is 10.1 Å². The number of carbonyl (C=O) groups is 4. The van der Waals surface area contributed by atoms with E-state index in [2.05, 4.69) is 10.1 Å². The number of rotatable bonds is 7. The Morgan fingerprint density at radius 3 is 2.21 bits per heavy atom. The third kappa shape index (κ3) is 8.75. The molecule has 0 aliphatic heterocycles. The van der Waals surface area contributed by atoms with Crippen molar-refractivity contribution in [2.75, 3.05) is 13.2 Å². The summed E-state index contributed by atoms with van der Waals surface area (Å²) >= 11 is 0. The highest BCUT2D eigenvalue weighted by Gasteiger charge is 2.30. The van der Waals surface area contributed by atoms with Crippen molar-refractivity contribution in [2.45, 2.75) is 25.9 Å². The Kier molecular flexibility index (Phi) is 6.73. The first-order valence-corrected chi connectivity index (χ1v) is 5.19. The van der Waals surface area contributed by atoms with Gasteiger partial charge in [-0.25, -0.2) is 4.79 Å². The second-order valence-electron chi connectivity index (χ2n) is 3.53. The van der Waals surface area contributed by atoms with Gasteiger partial charge in [-0.05, 0) is 6.42 Å². The third-order valence-electron chi connectivity index (χ3n) is 1.78. The molecule has 0 aromatic rings. The minimum absolute atomic E-state index is 0.0129. The van der Waals surface area contributed by atoms with Gasteiger partial charge in [-0.2, -0.15) is 13.2 Å². The van der Waals surface area contributed by atoms with E-state index < -0.39 is 36.2 Å². The van der Waals surface area contributed by atoms with Crippen LogP contribution in [0.25, 0.3) is 0 Å². The van der Waals surface area contributed by atoms with E-state index in [9.17, 15) is 32.3 Å². The molecule has 1 N–H and O–H groups in total. The van der Waals surface area contributed by atoms with Crippen molar-refractivity contribution < 1.29 is 37.1 Å². The summed E-state index contributed by atoms with van der Waals surface area (Å²) < 4.78 is 38.8. The maximum atomic E-state index is 11.7. The summed E-state index contributed by atoms with van der Waals surface area (Å²) in [6.45, 7) is -0.815. The van der Waals surface area contributed by atoms with Crippen LogP contribution in [0.15, 0.2) is 0 Å². The molecule has 0 saturated heterocycles. The van der Waals surface area contributed by atoms with Crippen molar-refractivity contribution in [2.24, 2.45) is 0 Å². The van der Waals surface area contributed by atoms with Crippen LogP contribution in [0.1, 0.15) is 19.8 Å². The molecule has 0 unspecified atom stereocenters. The van der Waals surface area contributed by atoms with Crippen molar-refractivity contribution in [1.29, 1.82) is 0 Å². The van der Waals surface area contributed by atoms with Crippen LogP contribution in [-0.2, 0) is 23.9 Å². The number of carbonyl (C=O) groups excluding carboxylic acids is 4. The van der Waals surface area contributed by atoms with Crippen LogP contribution in [0.4, 0.5) is 13.2 Å². The standard InChI is InChI=1S/C10H12F3NO5/c1-6(15)8(17)14-4-2-3-7(16)9(18)19-5-10(11,12)13/h2-5H2,1H3,(H,14,17). The monoisotopic (exact) mass is 283 g/mol. The Bertz CT molecular complexity index is 378. The average molecular weight is 283 g/mol. The van der Waals surface area contributed by atoms with Crippen LogP contribution in [-0.4, -0.2) is 42.8 Å². The summed E-state index contributed by atoms with van der Waals surface area (Å²) in [5.74, 6) is -4.25. The van der Waals surface area contributed by atoms with E-state index in [1.54, 1.807) is 0 Å². The number of halogens is 3. The van der Waals surface area contributed by atoms with E-state index in [-0.39, 0.29) is 19.4 Å². The van der Waals surface area contributed by atoms with Gasteiger partial charge in [0.25, 0.3) is 5.91 Å². The molecule has 6 nitrogen and oxygen atoms in total. The number of ketones is 2. The molecule has 108 valence electrons. The van der Waals surface area contributed by atoms with Crippen LogP contribution in [0.3, 0.4) is 0 Å².